The molecule has 0 aromatic heterocycles. The monoisotopic (exact) mass is 484 g/mol. The van der Waals surface area contributed by atoms with Gasteiger partial charge in [0.25, 0.3) is 5.91 Å². The van der Waals surface area contributed by atoms with Crippen molar-refractivity contribution in [1.29, 1.82) is 0 Å². The normalized spacial score (nSPS) is 19.7. The van der Waals surface area contributed by atoms with Gasteiger partial charge in [0.15, 0.2) is 0 Å². The van der Waals surface area contributed by atoms with Crippen molar-refractivity contribution in [3.63, 3.8) is 0 Å². The van der Waals surface area contributed by atoms with Crippen LogP contribution in [0.3, 0.4) is 0 Å². The highest BCUT2D eigenvalue weighted by Gasteiger charge is 2.52. The van der Waals surface area contributed by atoms with Crippen molar-refractivity contribution in [3.05, 3.63) is 64.1 Å². The summed E-state index contributed by atoms with van der Waals surface area (Å²) in [5.41, 5.74) is 1.76. The molecule has 9 heteroatoms. The summed E-state index contributed by atoms with van der Waals surface area (Å²) in [5, 5.41) is 7.92. The predicted octanol–water partition coefficient (Wildman–Crippen LogP) is 1.98. The van der Waals surface area contributed by atoms with Gasteiger partial charge < -0.3 is 16.0 Å². The zero-order valence-corrected chi connectivity index (χ0v) is 18.2. The third kappa shape index (κ3) is 4.32. The maximum absolute atomic E-state index is 13.0. The largest absolute Gasteiger partial charge is 0.345 e. The zero-order chi connectivity index (χ0) is 22.0. The molecule has 2 aromatic rings. The van der Waals surface area contributed by atoms with Crippen LogP contribution in [-0.4, -0.2) is 47.3 Å². The number of nitrogens with one attached hydrogen (secondary N) is 3. The number of imide groups is 1. The van der Waals surface area contributed by atoms with Crippen LogP contribution in [0.15, 0.2) is 53.0 Å². The Labute approximate surface area is 187 Å². The molecule has 0 bridgehead atoms. The number of hydrogen-bond donors (Lipinski definition) is 3. The Morgan fingerprint density at radius 3 is 2.52 bits per heavy atom. The third-order valence-electron chi connectivity index (χ3n) is 5.57. The first kappa shape index (κ1) is 21.0. The van der Waals surface area contributed by atoms with Gasteiger partial charge in [0.1, 0.15) is 12.1 Å². The number of nitrogens with zero attached hydrogens (tertiary/aromatic N) is 1. The molecule has 0 radical (unpaired) electrons. The molecule has 1 atom stereocenters. The first-order valence-electron chi connectivity index (χ1n) is 9.90. The molecule has 160 valence electrons. The van der Waals surface area contributed by atoms with Crippen LogP contribution in [0, 0.1) is 0 Å². The lowest BCUT2D eigenvalue weighted by molar-refractivity contribution is -0.135. The number of halogens is 1. The Balaban J connectivity index is 1.34. The SMILES string of the molecule is O=C(CN1C(=O)NC2(CCc3ccccc3C2)C1=O)NCC(=O)Nc1ccccc1Br. The van der Waals surface area contributed by atoms with Crippen molar-refractivity contribution < 1.29 is 19.2 Å². The number of anilines is 1. The molecule has 1 saturated heterocycles. The van der Waals surface area contributed by atoms with E-state index in [1.54, 1.807) is 18.2 Å². The van der Waals surface area contributed by atoms with E-state index in [0.717, 1.165) is 10.5 Å². The minimum absolute atomic E-state index is 0.275. The average Bonchev–Trinajstić information content (AvgIpc) is 2.97. The lowest BCUT2D eigenvalue weighted by Gasteiger charge is -2.32. The highest BCUT2D eigenvalue weighted by atomic mass is 79.9. The molecule has 3 N–H and O–H groups in total. The molecule has 2 aliphatic rings. The highest BCUT2D eigenvalue weighted by molar-refractivity contribution is 9.10. The predicted molar refractivity (Wildman–Crippen MR) is 117 cm³/mol. The van der Waals surface area contributed by atoms with Gasteiger partial charge in [-0.05, 0) is 52.0 Å². The van der Waals surface area contributed by atoms with Gasteiger partial charge in [-0.15, -0.1) is 0 Å². The third-order valence-corrected chi connectivity index (χ3v) is 6.26. The number of rotatable bonds is 5. The van der Waals surface area contributed by atoms with E-state index in [1.165, 1.54) is 5.56 Å². The minimum atomic E-state index is -1.01. The smallest absolute Gasteiger partial charge is 0.325 e. The second-order valence-corrected chi connectivity index (χ2v) is 8.51. The Bertz CT molecular complexity index is 1070. The van der Waals surface area contributed by atoms with E-state index in [9.17, 15) is 19.2 Å². The molecule has 0 saturated carbocycles. The van der Waals surface area contributed by atoms with Gasteiger partial charge in [-0.3, -0.25) is 19.3 Å². The molecule has 2 aromatic carbocycles. The number of urea groups is 1. The van der Waals surface area contributed by atoms with Gasteiger partial charge in [-0.25, -0.2) is 4.79 Å². The molecule has 4 rings (SSSR count). The molecule has 1 fully saturated rings. The van der Waals surface area contributed by atoms with Crippen LogP contribution < -0.4 is 16.0 Å². The summed E-state index contributed by atoms with van der Waals surface area (Å²) in [6.07, 6.45) is 1.57. The van der Waals surface area contributed by atoms with Crippen LogP contribution in [0.5, 0.6) is 0 Å². The van der Waals surface area contributed by atoms with Gasteiger partial charge >= 0.3 is 6.03 Å². The van der Waals surface area contributed by atoms with E-state index in [0.29, 0.717) is 29.4 Å². The highest BCUT2D eigenvalue weighted by Crippen LogP contribution is 2.33. The molecule has 31 heavy (non-hydrogen) atoms. The summed E-state index contributed by atoms with van der Waals surface area (Å²) < 4.78 is 0.716. The molecule has 8 nitrogen and oxygen atoms in total. The van der Waals surface area contributed by atoms with Crippen molar-refractivity contribution in [2.45, 2.75) is 24.8 Å². The van der Waals surface area contributed by atoms with E-state index >= 15 is 0 Å². The van der Waals surface area contributed by atoms with E-state index < -0.39 is 35.8 Å². The van der Waals surface area contributed by atoms with E-state index in [2.05, 4.69) is 31.9 Å². The molecular weight excluding hydrogens is 464 g/mol. The second kappa shape index (κ2) is 8.50. The van der Waals surface area contributed by atoms with E-state index in [4.69, 9.17) is 0 Å². The molecule has 5 amide bonds. The average molecular weight is 485 g/mol. The Kier molecular flexibility index (Phi) is 5.77. The number of aryl methyl sites for hydroxylation is 1. The number of benzene rings is 2. The molecule has 1 aliphatic carbocycles. The summed E-state index contributed by atoms with van der Waals surface area (Å²) in [5.74, 6) is -1.41. The second-order valence-electron chi connectivity index (χ2n) is 7.65. The Morgan fingerprint density at radius 1 is 1.03 bits per heavy atom. The lowest BCUT2D eigenvalue weighted by atomic mass is 9.78. The van der Waals surface area contributed by atoms with Gasteiger partial charge in [-0.1, -0.05) is 36.4 Å². The van der Waals surface area contributed by atoms with Crippen molar-refractivity contribution in [2.24, 2.45) is 0 Å². The quantitative estimate of drug-likeness (QED) is 0.563. The molecular formula is C22H21BrN4O4. The standard InChI is InChI=1S/C22H21BrN4O4/c23-16-7-3-4-8-17(16)25-18(28)12-24-19(29)13-27-20(30)22(26-21(27)31)10-9-14-5-1-2-6-15(14)11-22/h1-8H,9-13H2,(H,24,29)(H,25,28)(H,26,31). The maximum atomic E-state index is 13.0. The van der Waals surface area contributed by atoms with Crippen LogP contribution in [0.1, 0.15) is 17.5 Å². The van der Waals surface area contributed by atoms with Crippen LogP contribution >= 0.6 is 15.9 Å². The minimum Gasteiger partial charge on any atom is -0.345 e. The van der Waals surface area contributed by atoms with Crippen molar-refractivity contribution in [1.82, 2.24) is 15.5 Å². The van der Waals surface area contributed by atoms with Gasteiger partial charge in [0, 0.05) is 10.9 Å². The Hall–Kier alpha value is -3.20. The first-order valence-corrected chi connectivity index (χ1v) is 10.7. The number of fused-ring (bicyclic) bond motifs is 1. The van der Waals surface area contributed by atoms with Crippen LogP contribution in [0.25, 0.3) is 0 Å². The summed E-state index contributed by atoms with van der Waals surface area (Å²) >= 11 is 3.33. The number of carbonyl (C=O) groups is 4. The summed E-state index contributed by atoms with van der Waals surface area (Å²) in [6.45, 7) is -0.710. The fourth-order valence-electron chi connectivity index (χ4n) is 3.98. The molecule has 1 unspecified atom stereocenters. The number of hydrogen-bond acceptors (Lipinski definition) is 4. The maximum Gasteiger partial charge on any atom is 0.325 e. The van der Waals surface area contributed by atoms with Crippen molar-refractivity contribution in [3.8, 4) is 0 Å². The van der Waals surface area contributed by atoms with Crippen LogP contribution in [0.2, 0.25) is 0 Å². The van der Waals surface area contributed by atoms with Crippen LogP contribution in [0.4, 0.5) is 10.5 Å². The van der Waals surface area contributed by atoms with Crippen molar-refractivity contribution >= 4 is 45.4 Å². The number of para-hydroxylation sites is 1. The summed E-state index contributed by atoms with van der Waals surface area (Å²) in [4.78, 5) is 50.8. The topological polar surface area (TPSA) is 108 Å². The van der Waals surface area contributed by atoms with Gasteiger partial charge in [-0.2, -0.15) is 0 Å². The van der Waals surface area contributed by atoms with Gasteiger partial charge in [0.05, 0.1) is 12.2 Å². The zero-order valence-electron chi connectivity index (χ0n) is 16.6. The van der Waals surface area contributed by atoms with E-state index in [1.807, 2.05) is 30.3 Å². The molecule has 1 heterocycles. The number of carbonyl (C=O) groups excluding carboxylic acids is 4. The van der Waals surface area contributed by atoms with Crippen LogP contribution in [-0.2, 0) is 27.2 Å². The molecule has 1 spiro atoms. The lowest BCUT2D eigenvalue weighted by Crippen LogP contribution is -2.51. The number of amides is 5. The van der Waals surface area contributed by atoms with Crippen molar-refractivity contribution in [2.75, 3.05) is 18.4 Å². The Morgan fingerprint density at radius 2 is 1.74 bits per heavy atom. The summed E-state index contributed by atoms with van der Waals surface area (Å²) in [6, 6.07) is 14.3. The fourth-order valence-corrected chi connectivity index (χ4v) is 4.36. The summed E-state index contributed by atoms with van der Waals surface area (Å²) in [7, 11) is 0. The van der Waals surface area contributed by atoms with E-state index in [-0.39, 0.29) is 6.54 Å². The molecule has 1 aliphatic heterocycles. The van der Waals surface area contributed by atoms with Gasteiger partial charge in [0.2, 0.25) is 11.8 Å². The first-order chi connectivity index (χ1) is 14.9. The fraction of sp³-hybridized carbons (Fsp3) is 0.273.